The van der Waals surface area contributed by atoms with Crippen molar-refractivity contribution in [2.24, 2.45) is 11.8 Å². The smallest absolute Gasteiger partial charge is 0.327 e. The van der Waals surface area contributed by atoms with Gasteiger partial charge in [0.15, 0.2) is 0 Å². The fourth-order valence-corrected chi connectivity index (χ4v) is 2.69. The van der Waals surface area contributed by atoms with E-state index in [1.54, 1.807) is 12.4 Å². The number of nitrogens with one attached hydrogen (secondary N) is 1. The summed E-state index contributed by atoms with van der Waals surface area (Å²) in [6.45, 7) is 4.51. The Kier molecular flexibility index (Phi) is 3.27. The van der Waals surface area contributed by atoms with Crippen LogP contribution in [0.2, 0.25) is 0 Å². The Morgan fingerprint density at radius 1 is 1.31 bits per heavy atom. The van der Waals surface area contributed by atoms with Crippen LogP contribution in [-0.4, -0.2) is 21.6 Å². The molecule has 4 nitrogen and oxygen atoms in total. The molecule has 1 aliphatic carbocycles. The maximum Gasteiger partial charge on any atom is 0.327 e. The van der Waals surface area contributed by atoms with Crippen LogP contribution in [0, 0.1) is 11.8 Å². The van der Waals surface area contributed by atoms with E-state index in [2.05, 4.69) is 24.1 Å². The molecule has 2 rings (SSSR count). The number of rotatable bonds is 1. The molecule has 2 unspecified atom stereocenters. The van der Waals surface area contributed by atoms with Gasteiger partial charge in [-0.2, -0.15) is 0 Å². The second kappa shape index (κ2) is 4.68. The molecule has 1 amide bonds. The maximum absolute atomic E-state index is 11.8. The minimum Gasteiger partial charge on any atom is -0.335 e. The molecule has 1 N–H and O–H groups in total. The summed E-state index contributed by atoms with van der Waals surface area (Å²) in [7, 11) is 0. The average molecular weight is 221 g/mol. The van der Waals surface area contributed by atoms with Gasteiger partial charge in [-0.05, 0) is 31.1 Å². The van der Waals surface area contributed by atoms with E-state index in [0.29, 0.717) is 17.9 Å². The van der Waals surface area contributed by atoms with Gasteiger partial charge in [0.25, 0.3) is 0 Å². The molecule has 0 aliphatic heterocycles. The van der Waals surface area contributed by atoms with Gasteiger partial charge in [-0.3, -0.25) is 4.57 Å². The van der Waals surface area contributed by atoms with E-state index < -0.39 is 0 Å². The van der Waals surface area contributed by atoms with Crippen LogP contribution in [0.4, 0.5) is 4.79 Å². The zero-order chi connectivity index (χ0) is 11.5. The molecular weight excluding hydrogens is 202 g/mol. The van der Waals surface area contributed by atoms with Crippen LogP contribution in [0.5, 0.6) is 0 Å². The Balaban J connectivity index is 1.92. The van der Waals surface area contributed by atoms with Crippen molar-refractivity contribution in [1.82, 2.24) is 14.9 Å². The van der Waals surface area contributed by atoms with E-state index in [0.717, 1.165) is 12.8 Å². The van der Waals surface area contributed by atoms with Gasteiger partial charge in [0.2, 0.25) is 0 Å². The molecule has 1 fully saturated rings. The van der Waals surface area contributed by atoms with E-state index in [9.17, 15) is 4.79 Å². The lowest BCUT2D eigenvalue weighted by Gasteiger charge is -2.31. The van der Waals surface area contributed by atoms with Gasteiger partial charge in [0, 0.05) is 18.4 Å². The normalized spacial score (nSPS) is 30.0. The fourth-order valence-electron chi connectivity index (χ4n) is 2.69. The molecule has 1 aliphatic rings. The molecule has 1 aromatic heterocycles. The highest BCUT2D eigenvalue weighted by Crippen LogP contribution is 2.28. The lowest BCUT2D eigenvalue weighted by Crippen LogP contribution is -2.41. The molecule has 0 spiro atoms. The molecule has 88 valence electrons. The summed E-state index contributed by atoms with van der Waals surface area (Å²) in [5, 5.41) is 3.07. The topological polar surface area (TPSA) is 46.9 Å². The van der Waals surface area contributed by atoms with E-state index in [1.165, 1.54) is 17.3 Å². The second-order valence-corrected chi connectivity index (χ2v) is 5.03. The summed E-state index contributed by atoms with van der Waals surface area (Å²) in [6.07, 6.45) is 8.27. The second-order valence-electron chi connectivity index (χ2n) is 5.03. The standard InChI is InChI=1S/C12H19N3O/c1-9-5-10(2)7-11(6-9)14-12(16)15-4-3-13-8-15/h3-4,8-11H,5-7H2,1-2H3,(H,14,16). The number of aromatic nitrogens is 2. The van der Waals surface area contributed by atoms with Crippen LogP contribution < -0.4 is 5.32 Å². The third-order valence-corrected chi connectivity index (χ3v) is 3.25. The fraction of sp³-hybridized carbons (Fsp3) is 0.667. The number of amides is 1. The van der Waals surface area contributed by atoms with Gasteiger partial charge in [-0.15, -0.1) is 0 Å². The lowest BCUT2D eigenvalue weighted by molar-refractivity contribution is 0.214. The monoisotopic (exact) mass is 221 g/mol. The molecule has 0 radical (unpaired) electrons. The number of carbonyl (C=O) groups is 1. The molecule has 0 saturated heterocycles. The van der Waals surface area contributed by atoms with Gasteiger partial charge < -0.3 is 5.32 Å². The lowest BCUT2D eigenvalue weighted by atomic mass is 9.80. The highest BCUT2D eigenvalue weighted by atomic mass is 16.2. The van der Waals surface area contributed by atoms with Gasteiger partial charge in [0.05, 0.1) is 0 Å². The van der Waals surface area contributed by atoms with Gasteiger partial charge in [-0.25, -0.2) is 9.78 Å². The van der Waals surface area contributed by atoms with Crippen molar-refractivity contribution in [2.75, 3.05) is 0 Å². The van der Waals surface area contributed by atoms with Crippen LogP contribution in [0.3, 0.4) is 0 Å². The minimum absolute atomic E-state index is 0.0659. The Hall–Kier alpha value is -1.32. The van der Waals surface area contributed by atoms with Crippen molar-refractivity contribution in [2.45, 2.75) is 39.2 Å². The average Bonchev–Trinajstić information content (AvgIpc) is 2.68. The number of nitrogens with zero attached hydrogens (tertiary/aromatic N) is 2. The number of imidazole rings is 1. The van der Waals surface area contributed by atoms with E-state index >= 15 is 0 Å². The molecule has 0 aromatic carbocycles. The number of hydrogen-bond donors (Lipinski definition) is 1. The first-order chi connectivity index (χ1) is 7.65. The molecule has 2 atom stereocenters. The third-order valence-electron chi connectivity index (χ3n) is 3.25. The summed E-state index contributed by atoms with van der Waals surface area (Å²) in [6, 6.07) is 0.248. The predicted molar refractivity (Wildman–Crippen MR) is 62.1 cm³/mol. The highest BCUT2D eigenvalue weighted by molar-refractivity contribution is 5.76. The van der Waals surface area contributed by atoms with Crippen molar-refractivity contribution >= 4 is 6.03 Å². The molecule has 4 heteroatoms. The highest BCUT2D eigenvalue weighted by Gasteiger charge is 2.25. The molecule has 1 aromatic rings. The van der Waals surface area contributed by atoms with Crippen molar-refractivity contribution in [3.05, 3.63) is 18.7 Å². The van der Waals surface area contributed by atoms with Crippen LogP contribution >= 0.6 is 0 Å². The summed E-state index contributed by atoms with van der Waals surface area (Å²) < 4.78 is 1.49. The SMILES string of the molecule is CC1CC(C)CC(NC(=O)n2ccnc2)C1. The van der Waals surface area contributed by atoms with E-state index in [1.807, 2.05) is 0 Å². The Bertz CT molecular complexity index is 337. The molecule has 1 saturated carbocycles. The summed E-state index contributed by atoms with van der Waals surface area (Å²) >= 11 is 0. The number of hydrogen-bond acceptors (Lipinski definition) is 2. The quantitative estimate of drug-likeness (QED) is 0.790. The van der Waals surface area contributed by atoms with Crippen LogP contribution in [0.1, 0.15) is 33.1 Å². The van der Waals surface area contributed by atoms with Crippen molar-refractivity contribution in [3.63, 3.8) is 0 Å². The largest absolute Gasteiger partial charge is 0.335 e. The van der Waals surface area contributed by atoms with Crippen LogP contribution in [0.15, 0.2) is 18.7 Å². The molecule has 16 heavy (non-hydrogen) atoms. The zero-order valence-electron chi connectivity index (χ0n) is 9.89. The van der Waals surface area contributed by atoms with Gasteiger partial charge in [-0.1, -0.05) is 13.8 Å². The predicted octanol–water partition coefficient (Wildman–Crippen LogP) is 2.27. The molecule has 1 heterocycles. The first-order valence-corrected chi connectivity index (χ1v) is 5.94. The van der Waals surface area contributed by atoms with Gasteiger partial charge >= 0.3 is 6.03 Å². The van der Waals surface area contributed by atoms with E-state index in [4.69, 9.17) is 0 Å². The first kappa shape index (κ1) is 11.2. The summed E-state index contributed by atoms with van der Waals surface area (Å²) in [5.41, 5.74) is 0. The Labute approximate surface area is 96.1 Å². The van der Waals surface area contributed by atoms with Gasteiger partial charge in [0.1, 0.15) is 6.33 Å². The van der Waals surface area contributed by atoms with Crippen LogP contribution in [0.25, 0.3) is 0 Å². The first-order valence-electron chi connectivity index (χ1n) is 5.94. The van der Waals surface area contributed by atoms with Crippen molar-refractivity contribution < 1.29 is 4.79 Å². The third kappa shape index (κ3) is 2.62. The maximum atomic E-state index is 11.8. The minimum atomic E-state index is -0.0659. The Morgan fingerprint density at radius 2 is 2.00 bits per heavy atom. The number of carbonyl (C=O) groups excluding carboxylic acids is 1. The summed E-state index contributed by atoms with van der Waals surface area (Å²) in [4.78, 5) is 15.7. The summed E-state index contributed by atoms with van der Waals surface area (Å²) in [5.74, 6) is 1.41. The molecular formula is C12H19N3O. The van der Waals surface area contributed by atoms with Crippen molar-refractivity contribution in [3.8, 4) is 0 Å². The van der Waals surface area contributed by atoms with E-state index in [-0.39, 0.29) is 6.03 Å². The molecule has 0 bridgehead atoms. The Morgan fingerprint density at radius 3 is 2.56 bits per heavy atom. The van der Waals surface area contributed by atoms with Crippen molar-refractivity contribution in [1.29, 1.82) is 0 Å². The zero-order valence-corrected chi connectivity index (χ0v) is 9.89. The van der Waals surface area contributed by atoms with Crippen LogP contribution in [-0.2, 0) is 0 Å².